The molecular weight excluding hydrogens is 416 g/mol. The molecule has 0 aromatic carbocycles. The summed E-state index contributed by atoms with van der Waals surface area (Å²) in [5.74, 6) is 1.77. The van der Waals surface area contributed by atoms with Crippen LogP contribution in [0.15, 0.2) is 0 Å². The highest BCUT2D eigenvalue weighted by Gasteiger charge is 2.46. The molecule has 3 fully saturated rings. The molecule has 0 spiro atoms. The molecule has 1 saturated heterocycles. The van der Waals surface area contributed by atoms with Crippen molar-refractivity contribution in [2.24, 2.45) is 17.8 Å². The molecule has 194 valence electrons. The van der Waals surface area contributed by atoms with Crippen LogP contribution in [-0.2, 0) is 4.74 Å². The molecule has 0 aromatic rings. The molecule has 3 rings (SSSR count). The first-order chi connectivity index (χ1) is 16.1. The lowest BCUT2D eigenvalue weighted by molar-refractivity contribution is -0.242. The average Bonchev–Trinajstić information content (AvgIpc) is 2.87. The largest absolute Gasteiger partial charge is 0.394 e. The number of ether oxygens (including phenoxy) is 1. The molecule has 5 nitrogen and oxygen atoms in total. The fourth-order valence-electron chi connectivity index (χ4n) is 6.79. The zero-order valence-corrected chi connectivity index (χ0v) is 21.0. The molecule has 1 aliphatic heterocycles. The topological polar surface area (TPSA) is 90.2 Å². The minimum absolute atomic E-state index is 0.167. The van der Waals surface area contributed by atoms with Crippen LogP contribution in [0.25, 0.3) is 0 Å². The fraction of sp³-hybridized carbons (Fsp3) is 1.00. The van der Waals surface area contributed by atoms with Crippen molar-refractivity contribution in [2.45, 2.75) is 153 Å². The van der Waals surface area contributed by atoms with Crippen LogP contribution in [0.3, 0.4) is 0 Å². The summed E-state index contributed by atoms with van der Waals surface area (Å²) < 4.78 is 6.00. The Kier molecular flexibility index (Phi) is 12.5. The van der Waals surface area contributed by atoms with Crippen molar-refractivity contribution >= 4 is 0 Å². The Morgan fingerprint density at radius 1 is 0.515 bits per heavy atom. The maximum absolute atomic E-state index is 10.7. The van der Waals surface area contributed by atoms with E-state index in [0.29, 0.717) is 0 Å². The quantitative estimate of drug-likeness (QED) is 0.460. The second-order valence-electron chi connectivity index (χ2n) is 11.5. The minimum Gasteiger partial charge on any atom is -0.394 e. The van der Waals surface area contributed by atoms with Gasteiger partial charge >= 0.3 is 0 Å². The standard InChI is InChI=1S/C28H52O5/c29-20-24-25(30)26(31)27(32)28(33-24)23-16-12-8-4-7-11-15-22(17-18-23)19-21-13-9-5-2-1-3-6-10-14-21/h21-32H,1-20H2. The van der Waals surface area contributed by atoms with Crippen molar-refractivity contribution in [3.63, 3.8) is 0 Å². The van der Waals surface area contributed by atoms with Crippen molar-refractivity contribution in [1.82, 2.24) is 0 Å². The lowest BCUT2D eigenvalue weighted by atomic mass is 9.78. The van der Waals surface area contributed by atoms with Gasteiger partial charge < -0.3 is 25.2 Å². The van der Waals surface area contributed by atoms with Crippen LogP contribution >= 0.6 is 0 Å². The van der Waals surface area contributed by atoms with E-state index in [1.54, 1.807) is 0 Å². The summed E-state index contributed by atoms with van der Waals surface area (Å²) in [7, 11) is 0. The van der Waals surface area contributed by atoms with Crippen LogP contribution in [0.4, 0.5) is 0 Å². The molecule has 3 aliphatic rings. The van der Waals surface area contributed by atoms with Crippen LogP contribution in [-0.4, -0.2) is 57.6 Å². The summed E-state index contributed by atoms with van der Waals surface area (Å²) in [5.41, 5.74) is 0. The van der Waals surface area contributed by atoms with E-state index in [0.717, 1.165) is 37.5 Å². The third-order valence-corrected chi connectivity index (χ3v) is 8.92. The number of aliphatic hydroxyl groups is 4. The molecule has 2 aliphatic carbocycles. The molecule has 1 heterocycles. The molecule has 33 heavy (non-hydrogen) atoms. The van der Waals surface area contributed by atoms with Gasteiger partial charge in [-0.1, -0.05) is 103 Å². The lowest BCUT2D eigenvalue weighted by Gasteiger charge is -2.43. The van der Waals surface area contributed by atoms with Crippen LogP contribution in [0.1, 0.15) is 122 Å². The molecule has 7 atom stereocenters. The Balaban J connectivity index is 1.62. The van der Waals surface area contributed by atoms with Gasteiger partial charge in [0.2, 0.25) is 0 Å². The molecule has 0 aromatic heterocycles. The maximum atomic E-state index is 10.7. The van der Waals surface area contributed by atoms with Crippen LogP contribution in [0.5, 0.6) is 0 Å². The van der Waals surface area contributed by atoms with Gasteiger partial charge in [-0.2, -0.15) is 0 Å². The third-order valence-electron chi connectivity index (χ3n) is 8.92. The molecule has 5 heteroatoms. The Bertz CT molecular complexity index is 503. The Labute approximate surface area is 202 Å². The zero-order chi connectivity index (χ0) is 23.5. The summed E-state index contributed by atoms with van der Waals surface area (Å²) in [6.07, 6.45) is 19.8. The van der Waals surface area contributed by atoms with Crippen LogP contribution < -0.4 is 0 Å². The summed E-state index contributed by atoms with van der Waals surface area (Å²) >= 11 is 0. The normalized spacial score (nSPS) is 39.5. The molecule has 4 N–H and O–H groups in total. The minimum atomic E-state index is -1.25. The summed E-state index contributed by atoms with van der Waals surface area (Å²) in [6, 6.07) is 0. The molecule has 0 amide bonds. The van der Waals surface area contributed by atoms with E-state index in [4.69, 9.17) is 4.74 Å². The van der Waals surface area contributed by atoms with Gasteiger partial charge in [0.25, 0.3) is 0 Å². The Hall–Kier alpha value is -0.200. The van der Waals surface area contributed by atoms with Crippen molar-refractivity contribution < 1.29 is 25.2 Å². The monoisotopic (exact) mass is 468 g/mol. The number of aliphatic hydroxyl groups excluding tert-OH is 4. The van der Waals surface area contributed by atoms with E-state index in [-0.39, 0.29) is 12.5 Å². The highest BCUT2D eigenvalue weighted by Crippen LogP contribution is 2.36. The van der Waals surface area contributed by atoms with E-state index in [1.807, 2.05) is 0 Å². The maximum Gasteiger partial charge on any atom is 0.111 e. The fourth-order valence-corrected chi connectivity index (χ4v) is 6.79. The predicted molar refractivity (Wildman–Crippen MR) is 132 cm³/mol. The second kappa shape index (κ2) is 15.0. The SMILES string of the molecule is OCC1OC(C2CCCCCCCC(CC3CCCCCCCCC3)CC2)C(O)C(O)C1O. The van der Waals surface area contributed by atoms with Gasteiger partial charge in [-0.05, 0) is 37.0 Å². The molecule has 2 saturated carbocycles. The first-order valence-electron chi connectivity index (χ1n) is 14.4. The van der Waals surface area contributed by atoms with E-state index in [9.17, 15) is 20.4 Å². The highest BCUT2D eigenvalue weighted by molar-refractivity contribution is 4.94. The van der Waals surface area contributed by atoms with Crippen molar-refractivity contribution in [3.05, 3.63) is 0 Å². The van der Waals surface area contributed by atoms with E-state index < -0.39 is 30.5 Å². The smallest absolute Gasteiger partial charge is 0.111 e. The first-order valence-corrected chi connectivity index (χ1v) is 14.4. The van der Waals surface area contributed by atoms with Crippen molar-refractivity contribution in [1.29, 1.82) is 0 Å². The van der Waals surface area contributed by atoms with Crippen molar-refractivity contribution in [2.75, 3.05) is 6.61 Å². The van der Waals surface area contributed by atoms with E-state index >= 15 is 0 Å². The number of rotatable bonds is 4. The zero-order valence-electron chi connectivity index (χ0n) is 21.0. The van der Waals surface area contributed by atoms with Gasteiger partial charge in [-0.25, -0.2) is 0 Å². The van der Waals surface area contributed by atoms with Crippen molar-refractivity contribution in [3.8, 4) is 0 Å². The predicted octanol–water partition coefficient (Wildman–Crippen LogP) is 5.12. The number of hydrogen-bond acceptors (Lipinski definition) is 5. The number of hydrogen-bond donors (Lipinski definition) is 4. The van der Waals surface area contributed by atoms with Gasteiger partial charge in [-0.15, -0.1) is 0 Å². The summed E-state index contributed by atoms with van der Waals surface area (Å²) in [4.78, 5) is 0. The van der Waals surface area contributed by atoms with Gasteiger partial charge in [0, 0.05) is 0 Å². The molecular formula is C28H52O5. The molecule has 0 bridgehead atoms. The summed E-state index contributed by atoms with van der Waals surface area (Å²) in [5, 5.41) is 40.9. The van der Waals surface area contributed by atoms with E-state index in [1.165, 1.54) is 96.3 Å². The van der Waals surface area contributed by atoms with E-state index in [2.05, 4.69) is 0 Å². The first kappa shape index (κ1) is 27.4. The van der Waals surface area contributed by atoms with Crippen LogP contribution in [0.2, 0.25) is 0 Å². The molecule has 7 unspecified atom stereocenters. The summed E-state index contributed by atoms with van der Waals surface area (Å²) in [6.45, 7) is -0.335. The lowest BCUT2D eigenvalue weighted by Crippen LogP contribution is -2.60. The van der Waals surface area contributed by atoms with Gasteiger partial charge in [0.1, 0.15) is 24.4 Å². The average molecular weight is 469 g/mol. The van der Waals surface area contributed by atoms with Crippen LogP contribution in [0, 0.1) is 17.8 Å². The second-order valence-corrected chi connectivity index (χ2v) is 11.5. The Morgan fingerprint density at radius 3 is 1.55 bits per heavy atom. The Morgan fingerprint density at radius 2 is 1.00 bits per heavy atom. The third kappa shape index (κ3) is 8.75. The van der Waals surface area contributed by atoms with Gasteiger partial charge in [0.05, 0.1) is 12.7 Å². The van der Waals surface area contributed by atoms with Gasteiger partial charge in [-0.3, -0.25) is 0 Å². The molecule has 0 radical (unpaired) electrons. The van der Waals surface area contributed by atoms with Gasteiger partial charge in [0.15, 0.2) is 0 Å². The highest BCUT2D eigenvalue weighted by atomic mass is 16.5.